The molecule has 0 bridgehead atoms. The summed E-state index contributed by atoms with van der Waals surface area (Å²) in [7, 11) is 3.34. The van der Waals surface area contributed by atoms with Crippen LogP contribution in [0.4, 0.5) is 0 Å². The second-order valence-corrected chi connectivity index (χ2v) is 5.15. The highest BCUT2D eigenvalue weighted by Gasteiger charge is 2.27. The van der Waals surface area contributed by atoms with Gasteiger partial charge in [0.2, 0.25) is 0 Å². The van der Waals surface area contributed by atoms with Gasteiger partial charge in [0.05, 0.1) is 30.8 Å². The first-order valence-electron chi connectivity index (χ1n) is 6.06. The highest BCUT2D eigenvalue weighted by Crippen LogP contribution is 2.32. The van der Waals surface area contributed by atoms with Crippen LogP contribution in [0, 0.1) is 0 Å². The minimum absolute atomic E-state index is 0.164. The molecule has 1 unspecified atom stereocenters. The van der Waals surface area contributed by atoms with Gasteiger partial charge in [-0.05, 0) is 33.6 Å². The van der Waals surface area contributed by atoms with Crippen LogP contribution in [-0.4, -0.2) is 44.8 Å². The van der Waals surface area contributed by atoms with Crippen molar-refractivity contribution >= 4 is 21.9 Å². The Hall–Kier alpha value is -1.27. The summed E-state index contributed by atoms with van der Waals surface area (Å²) in [4.78, 5) is 6.39. The van der Waals surface area contributed by atoms with E-state index in [1.54, 1.807) is 14.2 Å². The fraction of sp³-hybridized carbons (Fsp3) is 0.462. The van der Waals surface area contributed by atoms with Crippen LogP contribution in [0.15, 0.2) is 27.7 Å². The summed E-state index contributed by atoms with van der Waals surface area (Å²) >= 11 is 3.51. The third kappa shape index (κ3) is 3.01. The number of hydrogen-bond acceptors (Lipinski definition) is 5. The molecule has 2 rings (SSSR count). The molecule has 0 saturated carbocycles. The van der Waals surface area contributed by atoms with E-state index in [1.807, 2.05) is 12.1 Å². The van der Waals surface area contributed by atoms with Crippen molar-refractivity contribution in [2.45, 2.75) is 6.04 Å². The molecule has 1 aliphatic heterocycles. The van der Waals surface area contributed by atoms with Gasteiger partial charge in [0, 0.05) is 13.7 Å². The molecule has 0 aliphatic carbocycles. The van der Waals surface area contributed by atoms with Crippen molar-refractivity contribution in [3.63, 3.8) is 0 Å². The molecule has 1 aromatic carbocycles. The molecule has 0 aromatic heterocycles. The van der Waals surface area contributed by atoms with E-state index in [4.69, 9.17) is 15.2 Å². The lowest BCUT2D eigenvalue weighted by atomic mass is 10.1. The van der Waals surface area contributed by atoms with Crippen molar-refractivity contribution in [2.24, 2.45) is 10.7 Å². The first kappa shape index (κ1) is 14.1. The van der Waals surface area contributed by atoms with Crippen molar-refractivity contribution in [1.82, 2.24) is 4.90 Å². The summed E-state index contributed by atoms with van der Waals surface area (Å²) in [6.07, 6.45) is 0. The molecule has 6 heteroatoms. The maximum Gasteiger partial charge on any atom is 0.192 e. The lowest BCUT2D eigenvalue weighted by molar-refractivity contribution is 0.166. The van der Waals surface area contributed by atoms with Gasteiger partial charge < -0.3 is 20.1 Å². The van der Waals surface area contributed by atoms with Crippen molar-refractivity contribution in [1.29, 1.82) is 0 Å². The Kier molecular flexibility index (Phi) is 4.66. The number of nitrogens with zero attached hydrogens (tertiary/aromatic N) is 2. The molecule has 0 fully saturated rings. The normalized spacial score (nSPS) is 18.6. The van der Waals surface area contributed by atoms with Gasteiger partial charge in [0.1, 0.15) is 5.75 Å². The van der Waals surface area contributed by atoms with Crippen LogP contribution < -0.4 is 10.5 Å². The summed E-state index contributed by atoms with van der Waals surface area (Å²) in [5, 5.41) is 0. The number of nitrogens with two attached hydrogens (primary N) is 1. The fourth-order valence-electron chi connectivity index (χ4n) is 2.16. The van der Waals surface area contributed by atoms with Crippen molar-refractivity contribution in [3.8, 4) is 5.75 Å². The minimum Gasteiger partial charge on any atom is -0.496 e. The summed E-state index contributed by atoms with van der Waals surface area (Å²) < 4.78 is 11.3. The van der Waals surface area contributed by atoms with Crippen LogP contribution >= 0.6 is 15.9 Å². The molecule has 1 aliphatic rings. The molecule has 0 saturated heterocycles. The van der Waals surface area contributed by atoms with E-state index in [2.05, 4.69) is 31.9 Å². The first-order valence-corrected chi connectivity index (χ1v) is 6.85. The lowest BCUT2D eigenvalue weighted by Gasteiger charge is -2.26. The number of benzene rings is 1. The van der Waals surface area contributed by atoms with E-state index in [0.717, 1.165) is 22.3 Å². The third-order valence-corrected chi connectivity index (χ3v) is 3.81. The van der Waals surface area contributed by atoms with Crippen LogP contribution in [0.5, 0.6) is 5.75 Å². The number of guanidine groups is 1. The van der Waals surface area contributed by atoms with Crippen molar-refractivity contribution in [2.75, 3.05) is 33.9 Å². The predicted octanol–water partition coefficient (Wildman–Crippen LogP) is 1.78. The largest absolute Gasteiger partial charge is 0.496 e. The number of hydrogen-bond donors (Lipinski definition) is 1. The maximum atomic E-state index is 5.93. The topological polar surface area (TPSA) is 60.1 Å². The molecule has 0 radical (unpaired) electrons. The molecule has 0 spiro atoms. The number of halogens is 1. The zero-order valence-corrected chi connectivity index (χ0v) is 12.7. The van der Waals surface area contributed by atoms with Gasteiger partial charge in [0.15, 0.2) is 5.96 Å². The highest BCUT2D eigenvalue weighted by molar-refractivity contribution is 9.10. The van der Waals surface area contributed by atoms with E-state index in [-0.39, 0.29) is 6.04 Å². The average Bonchev–Trinajstić information content (AvgIpc) is 2.77. The van der Waals surface area contributed by atoms with Gasteiger partial charge in [0.25, 0.3) is 0 Å². The summed E-state index contributed by atoms with van der Waals surface area (Å²) in [5.41, 5.74) is 7.09. The standard InChI is InChI=1S/C13H18BrN3O2/c1-18-6-5-17-11(8-16-13(17)15)9-3-4-12(19-2)10(14)7-9/h3-4,7,11H,5-6,8H2,1-2H3,(H2,15,16). The van der Waals surface area contributed by atoms with Crippen LogP contribution in [-0.2, 0) is 4.74 Å². The van der Waals surface area contributed by atoms with Crippen molar-refractivity contribution in [3.05, 3.63) is 28.2 Å². The molecule has 0 amide bonds. The first-order chi connectivity index (χ1) is 9.17. The Morgan fingerprint density at radius 3 is 2.89 bits per heavy atom. The molecule has 1 atom stereocenters. The summed E-state index contributed by atoms with van der Waals surface area (Å²) in [6, 6.07) is 6.21. The highest BCUT2D eigenvalue weighted by atomic mass is 79.9. The zero-order chi connectivity index (χ0) is 13.8. The van der Waals surface area contributed by atoms with Gasteiger partial charge in [-0.1, -0.05) is 6.07 Å². The van der Waals surface area contributed by atoms with Gasteiger partial charge in [-0.3, -0.25) is 4.99 Å². The van der Waals surface area contributed by atoms with Crippen molar-refractivity contribution < 1.29 is 9.47 Å². The number of aliphatic imine (C=N–C) groups is 1. The zero-order valence-electron chi connectivity index (χ0n) is 11.1. The molecule has 1 aromatic rings. The summed E-state index contributed by atoms with van der Waals surface area (Å²) in [5.74, 6) is 1.40. The van der Waals surface area contributed by atoms with E-state index < -0.39 is 0 Å². The van der Waals surface area contributed by atoms with Crippen LogP contribution in [0.2, 0.25) is 0 Å². The SMILES string of the molecule is COCCN1C(N)=NCC1c1ccc(OC)c(Br)c1. The van der Waals surface area contributed by atoms with E-state index in [1.165, 1.54) is 0 Å². The smallest absolute Gasteiger partial charge is 0.192 e. The van der Waals surface area contributed by atoms with Crippen LogP contribution in [0.25, 0.3) is 0 Å². The molecule has 104 valence electrons. The predicted molar refractivity (Wildman–Crippen MR) is 78.5 cm³/mol. The molecular formula is C13H18BrN3O2. The molecule has 2 N–H and O–H groups in total. The number of rotatable bonds is 5. The fourth-order valence-corrected chi connectivity index (χ4v) is 2.72. The lowest BCUT2D eigenvalue weighted by Crippen LogP contribution is -2.38. The number of methoxy groups -OCH3 is 2. The van der Waals surface area contributed by atoms with Crippen LogP contribution in [0.1, 0.15) is 11.6 Å². The molecule has 5 nitrogen and oxygen atoms in total. The molecule has 19 heavy (non-hydrogen) atoms. The summed E-state index contributed by atoms with van der Waals surface area (Å²) in [6.45, 7) is 2.04. The molecular weight excluding hydrogens is 310 g/mol. The van der Waals surface area contributed by atoms with E-state index in [9.17, 15) is 0 Å². The van der Waals surface area contributed by atoms with E-state index >= 15 is 0 Å². The molecule has 1 heterocycles. The Labute approximate surface area is 121 Å². The monoisotopic (exact) mass is 327 g/mol. The van der Waals surface area contributed by atoms with Gasteiger partial charge in [-0.15, -0.1) is 0 Å². The Balaban J connectivity index is 2.18. The van der Waals surface area contributed by atoms with E-state index in [0.29, 0.717) is 19.1 Å². The van der Waals surface area contributed by atoms with Gasteiger partial charge in [-0.25, -0.2) is 0 Å². The van der Waals surface area contributed by atoms with Crippen LogP contribution in [0.3, 0.4) is 0 Å². The maximum absolute atomic E-state index is 5.93. The average molecular weight is 328 g/mol. The Morgan fingerprint density at radius 2 is 2.26 bits per heavy atom. The third-order valence-electron chi connectivity index (χ3n) is 3.19. The Bertz CT molecular complexity index is 479. The van der Waals surface area contributed by atoms with Gasteiger partial charge in [-0.2, -0.15) is 0 Å². The minimum atomic E-state index is 0.164. The quantitative estimate of drug-likeness (QED) is 0.895. The Morgan fingerprint density at radius 1 is 1.47 bits per heavy atom. The van der Waals surface area contributed by atoms with Gasteiger partial charge >= 0.3 is 0 Å². The second kappa shape index (κ2) is 6.25. The second-order valence-electron chi connectivity index (χ2n) is 4.29. The number of ether oxygens (including phenoxy) is 2.